The first-order chi connectivity index (χ1) is 11.7. The normalized spacial score (nSPS) is 12.3. The summed E-state index contributed by atoms with van der Waals surface area (Å²) in [6.45, 7) is 4.82. The standard InChI is InChI=1S/C19H21N3O2/c1-4-20-13(2)18-21-15-10-6-5-9-14(15)19(23)22(18)16-11-7-8-12-17(16)24-3/h5-13,20H,4H2,1-3H3. The number of benzene rings is 2. The number of nitrogens with one attached hydrogen (secondary N) is 1. The molecule has 1 atom stereocenters. The Hall–Kier alpha value is -2.66. The van der Waals surface area contributed by atoms with Gasteiger partial charge in [-0.05, 0) is 37.7 Å². The Balaban J connectivity index is 2.37. The van der Waals surface area contributed by atoms with Gasteiger partial charge in [-0.15, -0.1) is 0 Å². The average Bonchev–Trinajstić information content (AvgIpc) is 2.62. The van der Waals surface area contributed by atoms with Crippen molar-refractivity contribution in [2.45, 2.75) is 19.9 Å². The molecule has 5 nitrogen and oxygen atoms in total. The molecule has 0 bridgehead atoms. The van der Waals surface area contributed by atoms with Crippen molar-refractivity contribution in [1.82, 2.24) is 14.9 Å². The Morgan fingerprint density at radius 2 is 1.88 bits per heavy atom. The third-order valence-corrected chi connectivity index (χ3v) is 4.03. The number of para-hydroxylation sites is 3. The molecule has 3 rings (SSSR count). The Kier molecular flexibility index (Phi) is 4.62. The van der Waals surface area contributed by atoms with Gasteiger partial charge in [0.25, 0.3) is 5.56 Å². The van der Waals surface area contributed by atoms with Crippen molar-refractivity contribution in [3.05, 3.63) is 64.7 Å². The van der Waals surface area contributed by atoms with E-state index in [1.54, 1.807) is 17.7 Å². The van der Waals surface area contributed by atoms with Gasteiger partial charge in [0.2, 0.25) is 0 Å². The van der Waals surface area contributed by atoms with Crippen LogP contribution < -0.4 is 15.6 Å². The average molecular weight is 323 g/mol. The van der Waals surface area contributed by atoms with Crippen molar-refractivity contribution in [1.29, 1.82) is 0 Å². The van der Waals surface area contributed by atoms with Crippen LogP contribution in [0.1, 0.15) is 25.7 Å². The number of hydrogen-bond acceptors (Lipinski definition) is 4. The number of fused-ring (bicyclic) bond motifs is 1. The van der Waals surface area contributed by atoms with E-state index < -0.39 is 0 Å². The Labute approximate surface area is 140 Å². The van der Waals surface area contributed by atoms with Gasteiger partial charge in [-0.1, -0.05) is 31.2 Å². The molecule has 1 N–H and O–H groups in total. The molecule has 0 aliphatic rings. The zero-order valence-corrected chi connectivity index (χ0v) is 14.1. The van der Waals surface area contributed by atoms with Crippen LogP contribution in [0.25, 0.3) is 16.6 Å². The van der Waals surface area contributed by atoms with E-state index >= 15 is 0 Å². The lowest BCUT2D eigenvalue weighted by Gasteiger charge is -2.20. The fourth-order valence-electron chi connectivity index (χ4n) is 2.89. The summed E-state index contributed by atoms with van der Waals surface area (Å²) in [7, 11) is 1.60. The summed E-state index contributed by atoms with van der Waals surface area (Å²) in [5.41, 5.74) is 1.31. The van der Waals surface area contributed by atoms with E-state index in [0.717, 1.165) is 6.54 Å². The van der Waals surface area contributed by atoms with E-state index in [1.165, 1.54) is 0 Å². The van der Waals surface area contributed by atoms with E-state index in [-0.39, 0.29) is 11.6 Å². The highest BCUT2D eigenvalue weighted by molar-refractivity contribution is 5.78. The monoisotopic (exact) mass is 323 g/mol. The maximum absolute atomic E-state index is 13.2. The van der Waals surface area contributed by atoms with Gasteiger partial charge >= 0.3 is 0 Å². The minimum Gasteiger partial charge on any atom is -0.495 e. The first kappa shape index (κ1) is 16.2. The molecule has 0 fully saturated rings. The van der Waals surface area contributed by atoms with Crippen LogP contribution in [0.3, 0.4) is 0 Å². The van der Waals surface area contributed by atoms with Crippen LogP contribution in [0.5, 0.6) is 5.75 Å². The molecular weight excluding hydrogens is 302 g/mol. The largest absolute Gasteiger partial charge is 0.495 e. The predicted octanol–water partition coefficient (Wildman–Crippen LogP) is 3.06. The van der Waals surface area contributed by atoms with Crippen molar-refractivity contribution >= 4 is 10.9 Å². The maximum Gasteiger partial charge on any atom is 0.266 e. The van der Waals surface area contributed by atoms with Crippen molar-refractivity contribution in [3.8, 4) is 11.4 Å². The summed E-state index contributed by atoms with van der Waals surface area (Å²) in [5, 5.41) is 3.93. The molecule has 0 saturated carbocycles. The van der Waals surface area contributed by atoms with Gasteiger partial charge in [0.05, 0.1) is 29.7 Å². The highest BCUT2D eigenvalue weighted by Gasteiger charge is 2.19. The number of ether oxygens (including phenoxy) is 1. The lowest BCUT2D eigenvalue weighted by Crippen LogP contribution is -2.30. The topological polar surface area (TPSA) is 56.2 Å². The third-order valence-electron chi connectivity index (χ3n) is 4.03. The molecule has 5 heteroatoms. The van der Waals surface area contributed by atoms with Gasteiger partial charge in [0.1, 0.15) is 11.6 Å². The third kappa shape index (κ3) is 2.78. The molecule has 0 saturated heterocycles. The van der Waals surface area contributed by atoms with Crippen LogP contribution in [0.2, 0.25) is 0 Å². The van der Waals surface area contributed by atoms with Gasteiger partial charge in [0, 0.05) is 0 Å². The van der Waals surface area contributed by atoms with Crippen LogP contribution in [0.4, 0.5) is 0 Å². The smallest absolute Gasteiger partial charge is 0.266 e. The van der Waals surface area contributed by atoms with E-state index in [0.29, 0.717) is 28.2 Å². The van der Waals surface area contributed by atoms with Gasteiger partial charge in [0.15, 0.2) is 0 Å². The second-order valence-corrected chi connectivity index (χ2v) is 5.58. The molecular formula is C19H21N3O2. The van der Waals surface area contributed by atoms with Crippen LogP contribution in [0, 0.1) is 0 Å². The summed E-state index contributed by atoms with van der Waals surface area (Å²) in [6, 6.07) is 14.8. The molecule has 1 aromatic heterocycles. The van der Waals surface area contributed by atoms with Crippen LogP contribution in [0.15, 0.2) is 53.3 Å². The van der Waals surface area contributed by atoms with Crippen LogP contribution in [-0.2, 0) is 0 Å². The van der Waals surface area contributed by atoms with Crippen LogP contribution in [-0.4, -0.2) is 23.2 Å². The maximum atomic E-state index is 13.2. The van der Waals surface area contributed by atoms with Gasteiger partial charge in [-0.3, -0.25) is 9.36 Å². The zero-order valence-electron chi connectivity index (χ0n) is 14.1. The summed E-state index contributed by atoms with van der Waals surface area (Å²) in [5.74, 6) is 1.31. The van der Waals surface area contributed by atoms with E-state index in [9.17, 15) is 4.79 Å². The van der Waals surface area contributed by atoms with Gasteiger partial charge < -0.3 is 10.1 Å². The summed E-state index contributed by atoms with van der Waals surface area (Å²) < 4.78 is 7.10. The van der Waals surface area contributed by atoms with Gasteiger partial charge in [-0.25, -0.2) is 4.98 Å². The molecule has 124 valence electrons. The second kappa shape index (κ2) is 6.84. The van der Waals surface area contributed by atoms with Crippen molar-refractivity contribution < 1.29 is 4.74 Å². The van der Waals surface area contributed by atoms with Crippen molar-refractivity contribution in [2.75, 3.05) is 13.7 Å². The first-order valence-electron chi connectivity index (χ1n) is 8.05. The molecule has 0 spiro atoms. The fraction of sp³-hybridized carbons (Fsp3) is 0.263. The molecule has 1 heterocycles. The Bertz CT molecular complexity index is 918. The summed E-state index contributed by atoms with van der Waals surface area (Å²) in [4.78, 5) is 17.9. The predicted molar refractivity (Wildman–Crippen MR) is 96.0 cm³/mol. The van der Waals surface area contributed by atoms with E-state index in [4.69, 9.17) is 9.72 Å². The number of aromatic nitrogens is 2. The SMILES string of the molecule is CCNC(C)c1nc2ccccc2c(=O)n1-c1ccccc1OC. The minimum atomic E-state index is -0.0927. The molecule has 2 aromatic carbocycles. The van der Waals surface area contributed by atoms with Crippen molar-refractivity contribution in [3.63, 3.8) is 0 Å². The summed E-state index contributed by atoms with van der Waals surface area (Å²) >= 11 is 0. The highest BCUT2D eigenvalue weighted by Crippen LogP contribution is 2.25. The Morgan fingerprint density at radius 1 is 1.17 bits per heavy atom. The fourth-order valence-corrected chi connectivity index (χ4v) is 2.89. The van der Waals surface area contributed by atoms with E-state index in [1.807, 2.05) is 56.3 Å². The molecule has 0 amide bonds. The molecule has 3 aromatic rings. The number of methoxy groups -OCH3 is 1. The number of rotatable bonds is 5. The number of hydrogen-bond donors (Lipinski definition) is 1. The molecule has 1 unspecified atom stereocenters. The number of nitrogens with zero attached hydrogens (tertiary/aromatic N) is 2. The molecule has 24 heavy (non-hydrogen) atoms. The van der Waals surface area contributed by atoms with Crippen LogP contribution >= 0.6 is 0 Å². The Morgan fingerprint density at radius 3 is 2.62 bits per heavy atom. The minimum absolute atomic E-state index is 0.0720. The second-order valence-electron chi connectivity index (χ2n) is 5.58. The lowest BCUT2D eigenvalue weighted by molar-refractivity contribution is 0.411. The molecule has 0 radical (unpaired) electrons. The first-order valence-corrected chi connectivity index (χ1v) is 8.05. The van der Waals surface area contributed by atoms with Gasteiger partial charge in [-0.2, -0.15) is 0 Å². The lowest BCUT2D eigenvalue weighted by atomic mass is 10.2. The summed E-state index contributed by atoms with van der Waals surface area (Å²) in [6.07, 6.45) is 0. The van der Waals surface area contributed by atoms with E-state index in [2.05, 4.69) is 5.32 Å². The molecule has 0 aliphatic carbocycles. The quantitative estimate of drug-likeness (QED) is 0.784. The highest BCUT2D eigenvalue weighted by atomic mass is 16.5. The molecule has 0 aliphatic heterocycles. The zero-order chi connectivity index (χ0) is 17.1. The van der Waals surface area contributed by atoms with Crippen molar-refractivity contribution in [2.24, 2.45) is 0 Å².